The number of ether oxygens (including phenoxy) is 1. The summed E-state index contributed by atoms with van der Waals surface area (Å²) in [5.74, 6) is -0.323. The quantitative estimate of drug-likeness (QED) is 0.535. The van der Waals surface area contributed by atoms with Crippen molar-refractivity contribution in [2.45, 2.75) is 52.0 Å². The first-order valence-corrected chi connectivity index (χ1v) is 10.3. The zero-order chi connectivity index (χ0) is 20.1. The summed E-state index contributed by atoms with van der Waals surface area (Å²) in [5, 5.41) is 7.46. The molecule has 3 rings (SSSR count). The van der Waals surface area contributed by atoms with Gasteiger partial charge in [-0.05, 0) is 69.1 Å². The van der Waals surface area contributed by atoms with Crippen molar-refractivity contribution in [3.05, 3.63) is 64.7 Å². The average molecular weight is 397 g/mol. The summed E-state index contributed by atoms with van der Waals surface area (Å²) in [4.78, 5) is 12.0. The Labute approximate surface area is 172 Å². The third kappa shape index (κ3) is 4.53. The number of thiocarbonyl (C=S) groups is 1. The van der Waals surface area contributed by atoms with Gasteiger partial charge in [0.05, 0.1) is 17.7 Å². The third-order valence-corrected chi connectivity index (χ3v) is 5.58. The Bertz CT molecular complexity index is 873. The van der Waals surface area contributed by atoms with Gasteiger partial charge in [0.15, 0.2) is 5.11 Å². The molecule has 2 aromatic carbocycles. The van der Waals surface area contributed by atoms with E-state index in [-0.39, 0.29) is 11.5 Å². The molecule has 1 fully saturated rings. The average Bonchev–Trinajstić information content (AvgIpc) is 3.13. The molecule has 0 heterocycles. The van der Waals surface area contributed by atoms with Gasteiger partial charge < -0.3 is 15.4 Å². The van der Waals surface area contributed by atoms with Gasteiger partial charge in [-0.2, -0.15) is 0 Å². The van der Waals surface area contributed by atoms with Crippen LogP contribution in [-0.2, 0) is 10.3 Å². The van der Waals surface area contributed by atoms with Gasteiger partial charge in [-0.1, -0.05) is 48.7 Å². The minimum atomic E-state index is -0.323. The number of nitrogens with one attached hydrogen (secondary N) is 2. The second-order valence-electron chi connectivity index (χ2n) is 7.49. The Morgan fingerprint density at radius 3 is 2.57 bits per heavy atom. The van der Waals surface area contributed by atoms with Crippen LogP contribution in [0.2, 0.25) is 0 Å². The zero-order valence-corrected chi connectivity index (χ0v) is 17.6. The van der Waals surface area contributed by atoms with E-state index in [1.54, 1.807) is 19.1 Å². The lowest BCUT2D eigenvalue weighted by Gasteiger charge is -2.33. The van der Waals surface area contributed by atoms with E-state index >= 15 is 0 Å². The molecule has 2 aromatic rings. The highest BCUT2D eigenvalue weighted by Gasteiger charge is 2.36. The summed E-state index contributed by atoms with van der Waals surface area (Å²) in [7, 11) is 0. The summed E-state index contributed by atoms with van der Waals surface area (Å²) in [5.41, 5.74) is 4.76. The van der Waals surface area contributed by atoms with Crippen molar-refractivity contribution in [2.24, 2.45) is 0 Å². The van der Waals surface area contributed by atoms with Crippen molar-refractivity contribution in [3.8, 4) is 0 Å². The van der Waals surface area contributed by atoms with E-state index in [0.29, 0.717) is 17.3 Å². The molecule has 0 unspecified atom stereocenters. The van der Waals surface area contributed by atoms with Gasteiger partial charge >= 0.3 is 5.97 Å². The van der Waals surface area contributed by atoms with Gasteiger partial charge in [0, 0.05) is 5.69 Å². The molecule has 5 heteroatoms. The maximum absolute atomic E-state index is 12.0. The predicted octanol–water partition coefficient (Wildman–Crippen LogP) is 5.24. The highest BCUT2D eigenvalue weighted by atomic mass is 32.1. The molecular formula is C23H28N2O2S. The molecule has 4 nitrogen and oxygen atoms in total. The summed E-state index contributed by atoms with van der Waals surface area (Å²) < 4.78 is 5.11. The first kappa shape index (κ1) is 20.3. The molecule has 0 aromatic heterocycles. The predicted molar refractivity (Wildman–Crippen MR) is 118 cm³/mol. The van der Waals surface area contributed by atoms with Crippen molar-refractivity contribution in [1.29, 1.82) is 0 Å². The van der Waals surface area contributed by atoms with Crippen LogP contribution in [0.4, 0.5) is 5.69 Å². The fourth-order valence-corrected chi connectivity index (χ4v) is 4.18. The number of carbonyl (C=O) groups is 1. The summed E-state index contributed by atoms with van der Waals surface area (Å²) in [6, 6.07) is 14.1. The lowest BCUT2D eigenvalue weighted by atomic mass is 9.87. The third-order valence-electron chi connectivity index (χ3n) is 5.38. The number of carbonyl (C=O) groups excluding carboxylic acids is 1. The largest absolute Gasteiger partial charge is 0.462 e. The van der Waals surface area contributed by atoms with Gasteiger partial charge in [-0.3, -0.25) is 0 Å². The van der Waals surface area contributed by atoms with E-state index in [9.17, 15) is 4.79 Å². The van der Waals surface area contributed by atoms with Crippen LogP contribution in [0.15, 0.2) is 42.5 Å². The first-order valence-electron chi connectivity index (χ1n) is 9.87. The molecule has 0 aliphatic heterocycles. The molecule has 0 spiro atoms. The molecule has 1 aliphatic carbocycles. The minimum absolute atomic E-state index is 0.136. The molecule has 0 amide bonds. The second kappa shape index (κ2) is 8.74. The standard InChI is InChI=1S/C23H28N2O2S/c1-4-27-21(26)18-11-10-17(3)20(15-18)24-22(28)25-23(12-5-6-13-23)19-9-7-8-16(2)14-19/h7-11,14-15H,4-6,12-13H2,1-3H3,(H2,24,25,28). The molecule has 0 saturated heterocycles. The van der Waals surface area contributed by atoms with Gasteiger partial charge in [-0.25, -0.2) is 4.79 Å². The fraction of sp³-hybridized carbons (Fsp3) is 0.391. The molecule has 0 radical (unpaired) electrons. The molecule has 1 saturated carbocycles. The molecular weight excluding hydrogens is 368 g/mol. The summed E-state index contributed by atoms with van der Waals surface area (Å²) in [6.45, 7) is 6.27. The molecule has 1 aliphatic rings. The second-order valence-corrected chi connectivity index (χ2v) is 7.90. The Morgan fingerprint density at radius 2 is 1.89 bits per heavy atom. The molecule has 2 N–H and O–H groups in total. The van der Waals surface area contributed by atoms with Crippen LogP contribution >= 0.6 is 12.2 Å². The van der Waals surface area contributed by atoms with Crippen molar-refractivity contribution < 1.29 is 9.53 Å². The van der Waals surface area contributed by atoms with E-state index in [4.69, 9.17) is 17.0 Å². The van der Waals surface area contributed by atoms with Gasteiger partial charge in [0.1, 0.15) is 0 Å². The fourth-order valence-electron chi connectivity index (χ4n) is 3.88. The maximum Gasteiger partial charge on any atom is 0.338 e. The van der Waals surface area contributed by atoms with Crippen molar-refractivity contribution in [1.82, 2.24) is 5.32 Å². The Morgan fingerprint density at radius 1 is 1.14 bits per heavy atom. The number of aryl methyl sites for hydroxylation is 2. The van der Waals surface area contributed by atoms with E-state index in [1.165, 1.54) is 24.0 Å². The van der Waals surface area contributed by atoms with E-state index in [1.807, 2.05) is 13.0 Å². The number of hydrogen-bond donors (Lipinski definition) is 2. The zero-order valence-electron chi connectivity index (χ0n) is 16.8. The lowest BCUT2D eigenvalue weighted by Crippen LogP contribution is -2.45. The van der Waals surface area contributed by atoms with Crippen LogP contribution < -0.4 is 10.6 Å². The van der Waals surface area contributed by atoms with E-state index in [2.05, 4.69) is 41.8 Å². The minimum Gasteiger partial charge on any atom is -0.462 e. The van der Waals surface area contributed by atoms with E-state index < -0.39 is 0 Å². The van der Waals surface area contributed by atoms with Crippen LogP contribution in [0.5, 0.6) is 0 Å². The number of hydrogen-bond acceptors (Lipinski definition) is 3. The van der Waals surface area contributed by atoms with Gasteiger partial charge in [0.25, 0.3) is 0 Å². The molecule has 28 heavy (non-hydrogen) atoms. The smallest absolute Gasteiger partial charge is 0.338 e. The monoisotopic (exact) mass is 396 g/mol. The van der Waals surface area contributed by atoms with Crippen LogP contribution in [0, 0.1) is 13.8 Å². The van der Waals surface area contributed by atoms with Gasteiger partial charge in [0.2, 0.25) is 0 Å². The number of anilines is 1. The molecule has 0 bridgehead atoms. The summed E-state index contributed by atoms with van der Waals surface area (Å²) in [6.07, 6.45) is 4.47. The number of rotatable bonds is 5. The number of esters is 1. The van der Waals surface area contributed by atoms with Crippen molar-refractivity contribution in [2.75, 3.05) is 11.9 Å². The van der Waals surface area contributed by atoms with E-state index in [0.717, 1.165) is 24.1 Å². The van der Waals surface area contributed by atoms with Crippen LogP contribution in [0.3, 0.4) is 0 Å². The molecule has 0 atom stereocenters. The molecule has 148 valence electrons. The van der Waals surface area contributed by atoms with Crippen LogP contribution in [0.25, 0.3) is 0 Å². The number of benzene rings is 2. The highest BCUT2D eigenvalue weighted by molar-refractivity contribution is 7.80. The lowest BCUT2D eigenvalue weighted by molar-refractivity contribution is 0.0526. The topological polar surface area (TPSA) is 50.4 Å². The van der Waals surface area contributed by atoms with Crippen LogP contribution in [0.1, 0.15) is 59.7 Å². The SMILES string of the molecule is CCOC(=O)c1ccc(C)c(NC(=S)NC2(c3cccc(C)c3)CCCC2)c1. The first-order chi connectivity index (χ1) is 13.4. The summed E-state index contributed by atoms with van der Waals surface area (Å²) >= 11 is 5.66. The Balaban J connectivity index is 1.79. The Hall–Kier alpha value is -2.40. The normalized spacial score (nSPS) is 15.1. The highest BCUT2D eigenvalue weighted by Crippen LogP contribution is 2.39. The van der Waals surface area contributed by atoms with Crippen molar-refractivity contribution in [3.63, 3.8) is 0 Å². The van der Waals surface area contributed by atoms with Gasteiger partial charge in [-0.15, -0.1) is 0 Å². The van der Waals surface area contributed by atoms with Crippen molar-refractivity contribution >= 4 is 29.0 Å². The maximum atomic E-state index is 12.0. The van der Waals surface area contributed by atoms with Crippen LogP contribution in [-0.4, -0.2) is 17.7 Å². The Kier molecular flexibility index (Phi) is 6.35.